The summed E-state index contributed by atoms with van der Waals surface area (Å²) in [6.07, 6.45) is 1.22. The van der Waals surface area contributed by atoms with Gasteiger partial charge < -0.3 is 44.6 Å². The molecular formula is C33H49N5O7. The number of hydrazine groups is 1. The van der Waals surface area contributed by atoms with E-state index in [1.54, 1.807) is 5.01 Å². The third kappa shape index (κ3) is 12.1. The number of nitrogens with one attached hydrogen (secondary N) is 1. The molecule has 0 unspecified atom stereocenters. The summed E-state index contributed by atoms with van der Waals surface area (Å²) >= 11 is 0. The van der Waals surface area contributed by atoms with Crippen LogP contribution in [-0.4, -0.2) is 96.0 Å². The monoisotopic (exact) mass is 627 g/mol. The SMILES string of the molecule is CCCC(=O)N1Cc2ccccc2/C(N(N)CCOCCOCCOCCOCCOCCNC(C)=O)=C(/N)c2ccccc21. The lowest BCUT2D eigenvalue weighted by atomic mass is 9.95. The number of rotatable bonds is 21. The molecule has 0 fully saturated rings. The van der Waals surface area contributed by atoms with Crippen LogP contribution in [0.5, 0.6) is 0 Å². The van der Waals surface area contributed by atoms with Crippen molar-refractivity contribution in [3.63, 3.8) is 0 Å². The minimum atomic E-state index is -0.0685. The molecule has 0 bridgehead atoms. The zero-order valence-corrected chi connectivity index (χ0v) is 26.6. The van der Waals surface area contributed by atoms with Crippen LogP contribution in [0.25, 0.3) is 11.4 Å². The molecular weight excluding hydrogens is 578 g/mol. The van der Waals surface area contributed by atoms with Crippen molar-refractivity contribution in [1.29, 1.82) is 0 Å². The molecule has 1 aliphatic rings. The van der Waals surface area contributed by atoms with Crippen LogP contribution in [0.2, 0.25) is 0 Å². The van der Waals surface area contributed by atoms with E-state index in [2.05, 4.69) is 5.32 Å². The van der Waals surface area contributed by atoms with Crippen LogP contribution in [0.1, 0.15) is 43.4 Å². The Kier molecular flexibility index (Phi) is 16.4. The van der Waals surface area contributed by atoms with Crippen LogP contribution in [0.15, 0.2) is 48.5 Å². The van der Waals surface area contributed by atoms with Crippen molar-refractivity contribution >= 4 is 28.9 Å². The van der Waals surface area contributed by atoms with E-state index in [9.17, 15) is 9.59 Å². The molecule has 0 spiro atoms. The standard InChI is InChI=1S/C33H49N5O7/c1-3-8-31(40)37-25-27-9-4-5-10-28(27)33(32(34)29-11-6-7-12-30(29)37)38(35)14-16-42-18-20-44-22-24-45-23-21-43-19-17-41-15-13-36-26(2)39/h4-7,9-12H,3,8,13-25,34-35H2,1-2H3,(H,36,39)/b33-32-. The van der Waals surface area contributed by atoms with Crippen LogP contribution in [-0.2, 0) is 39.8 Å². The molecule has 45 heavy (non-hydrogen) atoms. The Morgan fingerprint density at radius 3 is 1.93 bits per heavy atom. The first-order valence-corrected chi connectivity index (χ1v) is 15.6. The number of para-hydroxylation sites is 1. The summed E-state index contributed by atoms with van der Waals surface area (Å²) in [6, 6.07) is 15.6. The molecule has 3 rings (SSSR count). The smallest absolute Gasteiger partial charge is 0.227 e. The molecule has 0 atom stereocenters. The quantitative estimate of drug-likeness (QED) is 0.107. The predicted octanol–water partition coefficient (Wildman–Crippen LogP) is 2.51. The molecule has 0 aliphatic carbocycles. The Balaban J connectivity index is 1.38. The van der Waals surface area contributed by atoms with Crippen molar-refractivity contribution in [2.75, 3.05) is 84.1 Å². The molecule has 5 N–H and O–H groups in total. The summed E-state index contributed by atoms with van der Waals surface area (Å²) in [5, 5.41) is 4.29. The van der Waals surface area contributed by atoms with Gasteiger partial charge in [-0.1, -0.05) is 49.4 Å². The lowest BCUT2D eigenvalue weighted by Crippen LogP contribution is -2.37. The van der Waals surface area contributed by atoms with E-state index in [0.717, 1.165) is 28.8 Å². The van der Waals surface area contributed by atoms with Gasteiger partial charge in [0.15, 0.2) is 0 Å². The minimum Gasteiger partial charge on any atom is -0.396 e. The van der Waals surface area contributed by atoms with Gasteiger partial charge in [-0.2, -0.15) is 0 Å². The van der Waals surface area contributed by atoms with Gasteiger partial charge in [0.25, 0.3) is 0 Å². The van der Waals surface area contributed by atoms with E-state index in [1.165, 1.54) is 6.92 Å². The number of ether oxygens (including phenoxy) is 5. The highest BCUT2D eigenvalue weighted by Gasteiger charge is 2.27. The first-order chi connectivity index (χ1) is 21.9. The molecule has 1 heterocycles. The molecule has 12 nitrogen and oxygen atoms in total. The lowest BCUT2D eigenvalue weighted by Gasteiger charge is -2.33. The summed E-state index contributed by atoms with van der Waals surface area (Å²) in [4.78, 5) is 25.7. The van der Waals surface area contributed by atoms with Gasteiger partial charge in [-0.05, 0) is 18.1 Å². The van der Waals surface area contributed by atoms with E-state index in [-0.39, 0.29) is 11.8 Å². The van der Waals surface area contributed by atoms with Gasteiger partial charge in [0.05, 0.1) is 96.2 Å². The molecule has 0 saturated carbocycles. The van der Waals surface area contributed by atoms with E-state index in [0.29, 0.717) is 104 Å². The fraction of sp³-hybridized carbons (Fsp3) is 0.515. The number of nitrogens with zero attached hydrogens (tertiary/aromatic N) is 2. The number of amides is 2. The Labute approximate surface area is 266 Å². The Hall–Kier alpha value is -3.52. The van der Waals surface area contributed by atoms with Crippen molar-refractivity contribution in [2.45, 2.75) is 33.2 Å². The highest BCUT2D eigenvalue weighted by atomic mass is 16.6. The maximum absolute atomic E-state index is 13.1. The highest BCUT2D eigenvalue weighted by Crippen LogP contribution is 2.36. The van der Waals surface area contributed by atoms with Gasteiger partial charge in [-0.25, -0.2) is 5.84 Å². The van der Waals surface area contributed by atoms with Crippen LogP contribution in [0.4, 0.5) is 5.69 Å². The Bertz CT molecular complexity index is 1230. The van der Waals surface area contributed by atoms with Crippen LogP contribution in [0.3, 0.4) is 0 Å². The van der Waals surface area contributed by atoms with Gasteiger partial charge in [0.2, 0.25) is 11.8 Å². The summed E-state index contributed by atoms with van der Waals surface area (Å²) in [5.41, 5.74) is 11.4. The van der Waals surface area contributed by atoms with Crippen molar-refractivity contribution in [3.05, 3.63) is 65.2 Å². The van der Waals surface area contributed by atoms with Gasteiger partial charge in [0.1, 0.15) is 0 Å². The third-order valence-electron chi connectivity index (χ3n) is 6.98. The van der Waals surface area contributed by atoms with E-state index in [1.807, 2.05) is 60.4 Å². The first-order valence-electron chi connectivity index (χ1n) is 15.6. The fourth-order valence-electron chi connectivity index (χ4n) is 4.79. The number of benzene rings is 2. The van der Waals surface area contributed by atoms with Crippen LogP contribution >= 0.6 is 0 Å². The second-order valence-corrected chi connectivity index (χ2v) is 10.4. The Morgan fingerprint density at radius 1 is 0.800 bits per heavy atom. The van der Waals surface area contributed by atoms with E-state index in [4.69, 9.17) is 35.3 Å². The predicted molar refractivity (Wildman–Crippen MR) is 174 cm³/mol. The number of fused-ring (bicyclic) bond motifs is 2. The number of carbonyl (C=O) groups excluding carboxylic acids is 2. The maximum atomic E-state index is 13.1. The largest absolute Gasteiger partial charge is 0.396 e. The van der Waals surface area contributed by atoms with Crippen LogP contribution in [0, 0.1) is 0 Å². The van der Waals surface area contributed by atoms with Crippen molar-refractivity contribution in [2.24, 2.45) is 11.6 Å². The van der Waals surface area contributed by atoms with Crippen molar-refractivity contribution in [3.8, 4) is 0 Å². The molecule has 2 amide bonds. The average Bonchev–Trinajstić information content (AvgIpc) is 3.03. The molecule has 248 valence electrons. The molecule has 0 saturated heterocycles. The zero-order chi connectivity index (χ0) is 32.3. The Morgan fingerprint density at radius 2 is 1.33 bits per heavy atom. The van der Waals surface area contributed by atoms with Crippen LogP contribution < -0.4 is 21.8 Å². The molecule has 1 aliphatic heterocycles. The summed E-state index contributed by atoms with van der Waals surface area (Å²) in [5.74, 6) is 6.60. The maximum Gasteiger partial charge on any atom is 0.227 e. The van der Waals surface area contributed by atoms with E-state index >= 15 is 0 Å². The van der Waals surface area contributed by atoms with Gasteiger partial charge in [-0.15, -0.1) is 0 Å². The number of nitrogens with two attached hydrogens (primary N) is 2. The second-order valence-electron chi connectivity index (χ2n) is 10.4. The number of carbonyl (C=O) groups is 2. The minimum absolute atomic E-state index is 0.0613. The summed E-state index contributed by atoms with van der Waals surface area (Å²) in [6.45, 7) is 9.30. The first kappa shape index (κ1) is 36.0. The normalized spacial score (nSPS) is 14.3. The van der Waals surface area contributed by atoms with Gasteiger partial charge in [-0.3, -0.25) is 9.59 Å². The van der Waals surface area contributed by atoms with Gasteiger partial charge >= 0.3 is 0 Å². The topological polar surface area (TPSA) is 151 Å². The molecule has 2 aromatic rings. The average molecular weight is 628 g/mol. The molecule has 0 radical (unpaired) electrons. The summed E-state index contributed by atoms with van der Waals surface area (Å²) < 4.78 is 27.7. The second kappa shape index (κ2) is 20.5. The zero-order valence-electron chi connectivity index (χ0n) is 26.6. The molecule has 0 aromatic heterocycles. The molecule has 12 heteroatoms. The van der Waals surface area contributed by atoms with E-state index < -0.39 is 0 Å². The third-order valence-corrected chi connectivity index (χ3v) is 6.98. The highest BCUT2D eigenvalue weighted by molar-refractivity contribution is 6.01. The summed E-state index contributed by atoms with van der Waals surface area (Å²) in [7, 11) is 0. The molecule has 2 aromatic carbocycles. The lowest BCUT2D eigenvalue weighted by molar-refractivity contribution is -0.119. The number of anilines is 1. The fourth-order valence-corrected chi connectivity index (χ4v) is 4.79. The van der Waals surface area contributed by atoms with Gasteiger partial charge in [0, 0.05) is 31.0 Å². The van der Waals surface area contributed by atoms with Crippen molar-refractivity contribution < 1.29 is 33.3 Å². The van der Waals surface area contributed by atoms with Crippen molar-refractivity contribution in [1.82, 2.24) is 10.3 Å². The number of hydrogen-bond donors (Lipinski definition) is 3. The number of hydrogen-bond acceptors (Lipinski definition) is 10.